The summed E-state index contributed by atoms with van der Waals surface area (Å²) in [5.74, 6) is 6.64. The Balaban J connectivity index is 1.30. The topological polar surface area (TPSA) is 39.6 Å². The minimum Gasteiger partial charge on any atom is -0.378 e. The number of hydrogen-bond acceptors (Lipinski definition) is 2. The van der Waals surface area contributed by atoms with Crippen LogP contribution in [0.2, 0.25) is 0 Å². The van der Waals surface area contributed by atoms with Crippen LogP contribution in [-0.4, -0.2) is 53.1 Å². The Kier molecular flexibility index (Phi) is 3.78. The van der Waals surface area contributed by atoms with Crippen molar-refractivity contribution in [3.05, 3.63) is 0 Å². The number of rotatable bonds is 2. The van der Waals surface area contributed by atoms with Crippen LogP contribution in [0.4, 0.5) is 0 Å². The highest BCUT2D eigenvalue weighted by molar-refractivity contribution is 5.79. The molecule has 0 radical (unpaired) electrons. The van der Waals surface area contributed by atoms with Crippen LogP contribution in [-0.2, 0) is 4.74 Å². The summed E-state index contributed by atoms with van der Waals surface area (Å²) in [6, 6.07) is 0. The number of nitrogens with zero attached hydrogens (tertiary/aromatic N) is 2. The molecule has 1 aliphatic heterocycles. The second-order valence-corrected chi connectivity index (χ2v) is 12.5. The lowest BCUT2D eigenvalue weighted by atomic mass is 9.48. The van der Waals surface area contributed by atoms with Crippen LogP contribution in [0.3, 0.4) is 0 Å². The van der Waals surface area contributed by atoms with E-state index in [9.17, 15) is 5.41 Å². The molecule has 0 unspecified atom stereocenters. The first kappa shape index (κ1) is 17.9. The van der Waals surface area contributed by atoms with E-state index in [2.05, 4.69) is 9.80 Å². The largest absolute Gasteiger partial charge is 0.378 e. The Bertz CT molecular complexity index is 582. The second kappa shape index (κ2) is 6.14. The molecule has 1 heterocycles. The van der Waals surface area contributed by atoms with E-state index in [1.165, 1.54) is 77.0 Å². The van der Waals surface area contributed by atoms with Gasteiger partial charge in [0.1, 0.15) is 0 Å². The zero-order chi connectivity index (χ0) is 19.2. The maximum atomic E-state index is 9.61. The van der Waals surface area contributed by atoms with Crippen LogP contribution in [0.25, 0.3) is 0 Å². The third kappa shape index (κ3) is 2.63. The minimum atomic E-state index is 0.315. The Labute approximate surface area is 176 Å². The van der Waals surface area contributed by atoms with Crippen molar-refractivity contribution in [2.24, 2.45) is 35.5 Å². The fourth-order valence-corrected chi connectivity index (χ4v) is 10.5. The fourth-order valence-electron chi connectivity index (χ4n) is 10.5. The monoisotopic (exact) mass is 397 g/mol. The molecule has 4 heteroatoms. The van der Waals surface area contributed by atoms with Crippen LogP contribution in [0.1, 0.15) is 77.0 Å². The maximum absolute atomic E-state index is 9.61. The first-order chi connectivity index (χ1) is 14.1. The zero-order valence-corrected chi connectivity index (χ0v) is 18.1. The van der Waals surface area contributed by atoms with Gasteiger partial charge in [-0.2, -0.15) is 0 Å². The molecule has 0 amide bonds. The normalized spacial score (nSPS) is 52.2. The molecule has 0 aromatic heterocycles. The smallest absolute Gasteiger partial charge is 0.194 e. The van der Waals surface area contributed by atoms with Crippen molar-refractivity contribution in [3.8, 4) is 0 Å². The molecule has 160 valence electrons. The molecule has 4 nitrogen and oxygen atoms in total. The van der Waals surface area contributed by atoms with Crippen molar-refractivity contribution in [1.82, 2.24) is 9.80 Å². The van der Waals surface area contributed by atoms with E-state index in [0.717, 1.165) is 67.8 Å². The van der Waals surface area contributed by atoms with Crippen LogP contribution in [0, 0.1) is 40.9 Å². The lowest BCUT2D eigenvalue weighted by molar-refractivity contribution is -0.151. The molecular formula is C25H39N3O. The van der Waals surface area contributed by atoms with E-state index < -0.39 is 0 Å². The number of morpholine rings is 1. The highest BCUT2D eigenvalue weighted by Gasteiger charge is 2.62. The van der Waals surface area contributed by atoms with Crippen molar-refractivity contribution >= 4 is 5.96 Å². The van der Waals surface area contributed by atoms with Gasteiger partial charge in [-0.1, -0.05) is 0 Å². The molecule has 9 fully saturated rings. The first-order valence-corrected chi connectivity index (χ1v) is 12.8. The Hall–Kier alpha value is -0.770. The van der Waals surface area contributed by atoms with Crippen molar-refractivity contribution in [2.75, 3.05) is 26.3 Å². The molecule has 0 aromatic carbocycles. The van der Waals surface area contributed by atoms with Gasteiger partial charge >= 0.3 is 0 Å². The summed E-state index contributed by atoms with van der Waals surface area (Å²) >= 11 is 0. The first-order valence-electron chi connectivity index (χ1n) is 12.8. The standard InChI is InChI=1S/C25H39N3O/c26-23(27-1-3-29-4-2-27)28(24-11-17-5-18(12-24)7-19(6-17)13-24)25-14-20-8-21(15-25)10-22(9-20)16-25/h17-22,26H,1-16H2. The fraction of sp³-hybridized carbons (Fsp3) is 0.960. The number of hydrogen-bond donors (Lipinski definition) is 1. The number of ether oxygens (including phenoxy) is 1. The highest BCUT2D eigenvalue weighted by atomic mass is 16.5. The van der Waals surface area contributed by atoms with E-state index in [1.54, 1.807) is 0 Å². The van der Waals surface area contributed by atoms with Gasteiger partial charge in [0.15, 0.2) is 5.96 Å². The van der Waals surface area contributed by atoms with E-state index in [0.29, 0.717) is 11.1 Å². The molecule has 8 aliphatic carbocycles. The SMILES string of the molecule is N=C(N1CCOCC1)N(C12CC3CC(CC(C3)C1)C2)C12CC3CC(CC(C3)C1)C2. The summed E-state index contributed by atoms with van der Waals surface area (Å²) < 4.78 is 5.67. The summed E-state index contributed by atoms with van der Waals surface area (Å²) in [7, 11) is 0. The van der Waals surface area contributed by atoms with E-state index in [1.807, 2.05) is 0 Å². The molecule has 29 heavy (non-hydrogen) atoms. The predicted octanol–water partition coefficient (Wildman–Crippen LogP) is 4.49. The number of guanidine groups is 1. The van der Waals surface area contributed by atoms with Crippen LogP contribution >= 0.6 is 0 Å². The van der Waals surface area contributed by atoms with Gasteiger partial charge in [-0.15, -0.1) is 0 Å². The third-order valence-electron chi connectivity index (χ3n) is 10.5. The molecule has 0 aromatic rings. The molecule has 1 N–H and O–H groups in total. The minimum absolute atomic E-state index is 0.315. The quantitative estimate of drug-likeness (QED) is 0.551. The molecule has 8 bridgehead atoms. The van der Waals surface area contributed by atoms with Gasteiger partial charge in [-0.25, -0.2) is 0 Å². The molecular weight excluding hydrogens is 358 g/mol. The maximum Gasteiger partial charge on any atom is 0.194 e. The number of nitrogens with one attached hydrogen (secondary N) is 1. The highest BCUT2D eigenvalue weighted by Crippen LogP contribution is 2.64. The van der Waals surface area contributed by atoms with Crippen LogP contribution in [0.15, 0.2) is 0 Å². The van der Waals surface area contributed by atoms with Crippen LogP contribution in [0.5, 0.6) is 0 Å². The third-order valence-corrected chi connectivity index (χ3v) is 10.5. The average Bonchev–Trinajstić information content (AvgIpc) is 2.66. The summed E-state index contributed by atoms with van der Waals surface area (Å²) in [6.45, 7) is 3.46. The van der Waals surface area contributed by atoms with Gasteiger partial charge < -0.3 is 14.5 Å². The van der Waals surface area contributed by atoms with Gasteiger partial charge in [0.05, 0.1) is 13.2 Å². The van der Waals surface area contributed by atoms with E-state index in [-0.39, 0.29) is 0 Å². The van der Waals surface area contributed by atoms with Gasteiger partial charge in [-0.3, -0.25) is 5.41 Å². The van der Waals surface area contributed by atoms with Crippen molar-refractivity contribution in [3.63, 3.8) is 0 Å². The molecule has 0 atom stereocenters. The molecule has 0 spiro atoms. The predicted molar refractivity (Wildman–Crippen MR) is 114 cm³/mol. The van der Waals surface area contributed by atoms with E-state index in [4.69, 9.17) is 4.74 Å². The molecule has 9 rings (SSSR count). The molecule has 8 saturated carbocycles. The van der Waals surface area contributed by atoms with Crippen molar-refractivity contribution in [2.45, 2.75) is 88.1 Å². The molecule has 9 aliphatic rings. The Morgan fingerprint density at radius 1 is 0.655 bits per heavy atom. The summed E-state index contributed by atoms with van der Waals surface area (Å²) in [6.07, 6.45) is 17.4. The van der Waals surface area contributed by atoms with Gasteiger partial charge in [0.25, 0.3) is 0 Å². The van der Waals surface area contributed by atoms with E-state index >= 15 is 0 Å². The zero-order valence-electron chi connectivity index (χ0n) is 18.1. The van der Waals surface area contributed by atoms with Crippen molar-refractivity contribution < 1.29 is 4.74 Å². The van der Waals surface area contributed by atoms with Crippen molar-refractivity contribution in [1.29, 1.82) is 5.41 Å². The Morgan fingerprint density at radius 3 is 1.34 bits per heavy atom. The Morgan fingerprint density at radius 2 is 1.00 bits per heavy atom. The second-order valence-electron chi connectivity index (χ2n) is 12.5. The lowest BCUT2D eigenvalue weighted by Crippen LogP contribution is -2.73. The summed E-state index contributed by atoms with van der Waals surface area (Å²) in [5, 5.41) is 9.61. The van der Waals surface area contributed by atoms with Gasteiger partial charge in [-0.05, 0) is 113 Å². The van der Waals surface area contributed by atoms with Gasteiger partial charge in [0, 0.05) is 24.2 Å². The molecule has 1 saturated heterocycles. The summed E-state index contributed by atoms with van der Waals surface area (Å²) in [5.41, 5.74) is 0.631. The van der Waals surface area contributed by atoms with Crippen LogP contribution < -0.4 is 0 Å². The summed E-state index contributed by atoms with van der Waals surface area (Å²) in [4.78, 5) is 5.29. The average molecular weight is 398 g/mol. The lowest BCUT2D eigenvalue weighted by Gasteiger charge is -2.69. The van der Waals surface area contributed by atoms with Gasteiger partial charge in [0.2, 0.25) is 0 Å².